The van der Waals surface area contributed by atoms with Crippen LogP contribution >= 0.6 is 0 Å². The summed E-state index contributed by atoms with van der Waals surface area (Å²) >= 11 is 0. The summed E-state index contributed by atoms with van der Waals surface area (Å²) in [6.07, 6.45) is 0.852. The fourth-order valence-electron chi connectivity index (χ4n) is 3.21. The van der Waals surface area contributed by atoms with E-state index in [0.717, 1.165) is 12.0 Å². The van der Waals surface area contributed by atoms with Gasteiger partial charge in [-0.3, -0.25) is 4.79 Å². The number of fused-ring (bicyclic) bond motifs is 1. The molecule has 1 aliphatic rings. The molecule has 0 amide bonds. The average molecular weight is 254 g/mol. The van der Waals surface area contributed by atoms with Gasteiger partial charge in [-0.2, -0.15) is 0 Å². The molecule has 1 fully saturated rings. The van der Waals surface area contributed by atoms with E-state index in [4.69, 9.17) is 4.74 Å². The van der Waals surface area contributed by atoms with Crippen LogP contribution in [0.15, 0.2) is 42.5 Å². The first-order valence-electron chi connectivity index (χ1n) is 6.59. The van der Waals surface area contributed by atoms with Crippen LogP contribution in [-0.4, -0.2) is 13.1 Å². The zero-order chi connectivity index (χ0) is 13.7. The molecule has 0 N–H and O–H groups in total. The molecular formula is C17H18O2. The first-order chi connectivity index (χ1) is 9.01. The van der Waals surface area contributed by atoms with Crippen molar-refractivity contribution in [1.82, 2.24) is 0 Å². The largest absolute Gasteiger partial charge is 0.468 e. The molecule has 98 valence electrons. The lowest BCUT2D eigenvalue weighted by Crippen LogP contribution is -2.27. The number of hydrogen-bond donors (Lipinski definition) is 0. The summed E-state index contributed by atoms with van der Waals surface area (Å²) in [7, 11) is 1.47. The fraction of sp³-hybridized carbons (Fsp3) is 0.353. The van der Waals surface area contributed by atoms with Crippen molar-refractivity contribution in [3.05, 3.63) is 48.0 Å². The van der Waals surface area contributed by atoms with Crippen molar-refractivity contribution in [2.24, 2.45) is 5.41 Å². The Morgan fingerprint density at radius 1 is 1.11 bits per heavy atom. The van der Waals surface area contributed by atoms with E-state index < -0.39 is 5.41 Å². The third-order valence-electron chi connectivity index (χ3n) is 4.51. The lowest BCUT2D eigenvalue weighted by Gasteiger charge is -2.19. The molecule has 0 radical (unpaired) electrons. The Morgan fingerprint density at radius 3 is 2.32 bits per heavy atom. The standard InChI is InChI=1S/C17H18O2/c1-16(2)11-17(16,15(18)19-3)14-9-8-12-6-4-5-7-13(12)10-14/h4-10H,11H2,1-3H3. The third kappa shape index (κ3) is 1.59. The normalized spacial score (nSPS) is 24.2. The number of ether oxygens (including phenoxy) is 1. The summed E-state index contributed by atoms with van der Waals surface area (Å²) in [5, 5.41) is 2.37. The SMILES string of the molecule is COC(=O)C1(c2ccc3ccccc3c2)CC1(C)C. The smallest absolute Gasteiger partial charge is 0.316 e. The molecule has 2 nitrogen and oxygen atoms in total. The molecule has 0 heterocycles. The minimum atomic E-state index is -0.466. The highest BCUT2D eigenvalue weighted by molar-refractivity contribution is 5.91. The second-order valence-corrected chi connectivity index (χ2v) is 6.02. The first-order valence-corrected chi connectivity index (χ1v) is 6.59. The molecule has 0 spiro atoms. The number of carbonyl (C=O) groups is 1. The van der Waals surface area contributed by atoms with Crippen molar-refractivity contribution < 1.29 is 9.53 Å². The molecular weight excluding hydrogens is 236 g/mol. The Labute approximate surface area is 113 Å². The van der Waals surface area contributed by atoms with Crippen LogP contribution in [0.25, 0.3) is 10.8 Å². The third-order valence-corrected chi connectivity index (χ3v) is 4.51. The lowest BCUT2D eigenvalue weighted by atomic mass is 9.87. The van der Waals surface area contributed by atoms with E-state index >= 15 is 0 Å². The van der Waals surface area contributed by atoms with E-state index in [0.29, 0.717) is 0 Å². The monoisotopic (exact) mass is 254 g/mol. The number of esters is 1. The molecule has 1 saturated carbocycles. The van der Waals surface area contributed by atoms with Crippen molar-refractivity contribution in [2.45, 2.75) is 25.7 Å². The average Bonchev–Trinajstić information content (AvgIpc) is 3.01. The highest BCUT2D eigenvalue weighted by atomic mass is 16.5. The van der Waals surface area contributed by atoms with E-state index in [1.807, 2.05) is 12.1 Å². The van der Waals surface area contributed by atoms with Gasteiger partial charge in [0.15, 0.2) is 0 Å². The van der Waals surface area contributed by atoms with Gasteiger partial charge in [-0.25, -0.2) is 0 Å². The van der Waals surface area contributed by atoms with Crippen molar-refractivity contribution in [1.29, 1.82) is 0 Å². The van der Waals surface area contributed by atoms with Gasteiger partial charge in [-0.15, -0.1) is 0 Å². The molecule has 19 heavy (non-hydrogen) atoms. The van der Waals surface area contributed by atoms with E-state index in [2.05, 4.69) is 44.2 Å². The number of carbonyl (C=O) groups excluding carboxylic acids is 1. The Kier molecular flexibility index (Phi) is 2.46. The second kappa shape index (κ2) is 3.83. The van der Waals surface area contributed by atoms with Crippen molar-refractivity contribution in [3.8, 4) is 0 Å². The molecule has 2 aromatic rings. The van der Waals surface area contributed by atoms with Gasteiger partial charge in [0.05, 0.1) is 12.5 Å². The first kappa shape index (κ1) is 12.2. The van der Waals surface area contributed by atoms with Crippen molar-refractivity contribution in [3.63, 3.8) is 0 Å². The molecule has 1 aliphatic carbocycles. The molecule has 0 aliphatic heterocycles. The predicted molar refractivity (Wildman–Crippen MR) is 76.0 cm³/mol. The van der Waals surface area contributed by atoms with Crippen molar-refractivity contribution in [2.75, 3.05) is 7.11 Å². The summed E-state index contributed by atoms with van der Waals surface area (Å²) in [6.45, 7) is 4.25. The Balaban J connectivity index is 2.15. The molecule has 0 bridgehead atoms. The highest BCUT2D eigenvalue weighted by Gasteiger charge is 2.68. The van der Waals surface area contributed by atoms with E-state index in [1.54, 1.807) is 0 Å². The number of hydrogen-bond acceptors (Lipinski definition) is 2. The van der Waals surface area contributed by atoms with E-state index in [1.165, 1.54) is 17.9 Å². The number of benzene rings is 2. The van der Waals surface area contributed by atoms with Gasteiger partial charge in [-0.05, 0) is 34.2 Å². The van der Waals surface area contributed by atoms with Gasteiger partial charge in [0, 0.05) is 0 Å². The predicted octanol–water partition coefficient (Wildman–Crippen LogP) is 3.68. The molecule has 3 rings (SSSR count). The van der Waals surface area contributed by atoms with E-state index in [-0.39, 0.29) is 11.4 Å². The summed E-state index contributed by atoms with van der Waals surface area (Å²) in [5.41, 5.74) is 0.581. The summed E-state index contributed by atoms with van der Waals surface area (Å²) in [6, 6.07) is 14.5. The topological polar surface area (TPSA) is 26.3 Å². The molecule has 1 unspecified atom stereocenters. The molecule has 0 saturated heterocycles. The van der Waals surface area contributed by atoms with Crippen LogP contribution in [0, 0.1) is 5.41 Å². The van der Waals surface area contributed by atoms with Crippen LogP contribution in [0.4, 0.5) is 0 Å². The molecule has 2 heteroatoms. The highest BCUT2D eigenvalue weighted by Crippen LogP contribution is 2.65. The Bertz CT molecular complexity index is 657. The van der Waals surface area contributed by atoms with Crippen LogP contribution in [0.5, 0.6) is 0 Å². The zero-order valence-corrected chi connectivity index (χ0v) is 11.6. The zero-order valence-electron chi connectivity index (χ0n) is 11.6. The molecule has 2 aromatic carbocycles. The van der Waals surface area contributed by atoms with Gasteiger partial charge >= 0.3 is 5.97 Å². The van der Waals surface area contributed by atoms with Crippen LogP contribution < -0.4 is 0 Å². The Morgan fingerprint density at radius 2 is 1.74 bits per heavy atom. The van der Waals surface area contributed by atoms with Gasteiger partial charge in [0.1, 0.15) is 0 Å². The maximum Gasteiger partial charge on any atom is 0.316 e. The van der Waals surface area contributed by atoms with Gasteiger partial charge in [-0.1, -0.05) is 50.2 Å². The van der Waals surface area contributed by atoms with Crippen LogP contribution in [-0.2, 0) is 14.9 Å². The second-order valence-electron chi connectivity index (χ2n) is 6.02. The minimum Gasteiger partial charge on any atom is -0.468 e. The number of rotatable bonds is 2. The van der Waals surface area contributed by atoms with Gasteiger partial charge in [0.2, 0.25) is 0 Å². The Hall–Kier alpha value is -1.83. The maximum absolute atomic E-state index is 12.2. The van der Waals surface area contributed by atoms with E-state index in [9.17, 15) is 4.79 Å². The summed E-state index contributed by atoms with van der Waals surface area (Å²) in [4.78, 5) is 12.2. The summed E-state index contributed by atoms with van der Waals surface area (Å²) in [5.74, 6) is -0.118. The van der Waals surface area contributed by atoms with Crippen molar-refractivity contribution >= 4 is 16.7 Å². The fourth-order valence-corrected chi connectivity index (χ4v) is 3.21. The quantitative estimate of drug-likeness (QED) is 0.764. The molecule has 1 atom stereocenters. The minimum absolute atomic E-state index is 0.0252. The lowest BCUT2D eigenvalue weighted by molar-refractivity contribution is -0.144. The molecule has 0 aromatic heterocycles. The van der Waals surface area contributed by atoms with Crippen LogP contribution in [0.3, 0.4) is 0 Å². The van der Waals surface area contributed by atoms with Gasteiger partial charge < -0.3 is 4.74 Å². The van der Waals surface area contributed by atoms with Crippen LogP contribution in [0.1, 0.15) is 25.8 Å². The maximum atomic E-state index is 12.2. The number of methoxy groups -OCH3 is 1. The van der Waals surface area contributed by atoms with Crippen LogP contribution in [0.2, 0.25) is 0 Å². The summed E-state index contributed by atoms with van der Waals surface area (Å²) < 4.78 is 5.04. The van der Waals surface area contributed by atoms with Gasteiger partial charge in [0.25, 0.3) is 0 Å².